The minimum atomic E-state index is -0.181. The van der Waals surface area contributed by atoms with Crippen molar-refractivity contribution in [3.05, 3.63) is 77.9 Å². The Hall–Kier alpha value is -2.88. The molecule has 0 bridgehead atoms. The van der Waals surface area contributed by atoms with Crippen LogP contribution in [0, 0.1) is 6.92 Å². The van der Waals surface area contributed by atoms with Crippen LogP contribution in [0.5, 0.6) is 0 Å². The zero-order valence-electron chi connectivity index (χ0n) is 13.1. The van der Waals surface area contributed by atoms with Crippen LogP contribution in [-0.4, -0.2) is 18.4 Å². The first-order valence-electron chi connectivity index (χ1n) is 7.46. The summed E-state index contributed by atoms with van der Waals surface area (Å²) in [4.78, 5) is 23.3. The summed E-state index contributed by atoms with van der Waals surface area (Å²) in [6, 6.07) is 15.0. The van der Waals surface area contributed by atoms with E-state index in [0.717, 1.165) is 16.8 Å². The Bertz CT molecular complexity index is 706. The van der Waals surface area contributed by atoms with Gasteiger partial charge in [-0.2, -0.15) is 0 Å². The Kier molecular flexibility index (Phi) is 5.69. The van der Waals surface area contributed by atoms with Crippen LogP contribution in [0.1, 0.15) is 21.5 Å². The second kappa shape index (κ2) is 7.94. The molecule has 2 aromatic rings. The number of anilines is 1. The third-order valence-corrected chi connectivity index (χ3v) is 3.51. The maximum absolute atomic E-state index is 12.2. The number of amides is 2. The lowest BCUT2D eigenvalue weighted by molar-refractivity contribution is -0.116. The fourth-order valence-electron chi connectivity index (χ4n) is 2.13. The van der Waals surface area contributed by atoms with Gasteiger partial charge in [0.2, 0.25) is 5.91 Å². The van der Waals surface area contributed by atoms with Gasteiger partial charge in [0.05, 0.1) is 0 Å². The molecule has 0 spiro atoms. The van der Waals surface area contributed by atoms with Gasteiger partial charge in [-0.05, 0) is 48.7 Å². The van der Waals surface area contributed by atoms with Crippen molar-refractivity contribution in [1.82, 2.24) is 5.32 Å². The number of nitrogens with one attached hydrogen (secondary N) is 2. The molecule has 2 N–H and O–H groups in total. The number of hydrogen-bond acceptors (Lipinski definition) is 2. The lowest BCUT2D eigenvalue weighted by Gasteiger charge is -2.09. The summed E-state index contributed by atoms with van der Waals surface area (Å²) in [5, 5.41) is 5.63. The van der Waals surface area contributed by atoms with E-state index in [4.69, 9.17) is 0 Å². The van der Waals surface area contributed by atoms with Crippen molar-refractivity contribution in [2.45, 2.75) is 13.3 Å². The third kappa shape index (κ3) is 4.81. The standard InChI is InChI=1S/C19H20N2O2/c1-3-18(22)20-13-12-15-8-10-16(11-9-15)19(23)21-17-7-5-4-6-14(17)2/h3-11H,1,12-13H2,2H3,(H,20,22)(H,21,23). The van der Waals surface area contributed by atoms with Gasteiger partial charge in [0, 0.05) is 17.8 Å². The van der Waals surface area contributed by atoms with Crippen LogP contribution >= 0.6 is 0 Å². The zero-order chi connectivity index (χ0) is 16.7. The van der Waals surface area contributed by atoms with Crippen LogP contribution in [0.2, 0.25) is 0 Å². The van der Waals surface area contributed by atoms with Gasteiger partial charge in [-0.15, -0.1) is 0 Å². The summed E-state index contributed by atoms with van der Waals surface area (Å²) >= 11 is 0. The Labute approximate surface area is 136 Å². The third-order valence-electron chi connectivity index (χ3n) is 3.51. The average Bonchev–Trinajstić information content (AvgIpc) is 2.57. The predicted octanol–water partition coefficient (Wildman–Crippen LogP) is 3.09. The molecular formula is C19H20N2O2. The second-order valence-corrected chi connectivity index (χ2v) is 5.21. The molecule has 0 saturated carbocycles. The predicted molar refractivity (Wildman–Crippen MR) is 92.5 cm³/mol. The van der Waals surface area contributed by atoms with Crippen molar-refractivity contribution in [2.75, 3.05) is 11.9 Å². The van der Waals surface area contributed by atoms with Crippen molar-refractivity contribution in [3.63, 3.8) is 0 Å². The van der Waals surface area contributed by atoms with E-state index in [1.54, 1.807) is 12.1 Å². The fraction of sp³-hybridized carbons (Fsp3) is 0.158. The van der Waals surface area contributed by atoms with Gasteiger partial charge in [0.15, 0.2) is 0 Å². The van der Waals surface area contributed by atoms with Gasteiger partial charge in [-0.25, -0.2) is 0 Å². The molecule has 0 heterocycles. The molecule has 23 heavy (non-hydrogen) atoms. The Morgan fingerprint density at radius 1 is 1.09 bits per heavy atom. The number of para-hydroxylation sites is 1. The molecule has 0 aliphatic rings. The molecule has 0 saturated heterocycles. The number of benzene rings is 2. The fourth-order valence-corrected chi connectivity index (χ4v) is 2.13. The van der Waals surface area contributed by atoms with Gasteiger partial charge in [-0.1, -0.05) is 36.9 Å². The average molecular weight is 308 g/mol. The van der Waals surface area contributed by atoms with Gasteiger partial charge >= 0.3 is 0 Å². The molecule has 118 valence electrons. The molecule has 0 aliphatic carbocycles. The molecular weight excluding hydrogens is 288 g/mol. The highest BCUT2D eigenvalue weighted by Gasteiger charge is 2.07. The molecule has 0 fully saturated rings. The molecule has 4 heteroatoms. The Morgan fingerprint density at radius 2 is 1.78 bits per heavy atom. The summed E-state index contributed by atoms with van der Waals surface area (Å²) in [6.45, 7) is 5.90. The maximum atomic E-state index is 12.2. The molecule has 2 aromatic carbocycles. The molecule has 2 rings (SSSR count). The summed E-state index contributed by atoms with van der Waals surface area (Å²) in [5.41, 5.74) is 3.50. The first kappa shape index (κ1) is 16.5. The quantitative estimate of drug-likeness (QED) is 0.806. The smallest absolute Gasteiger partial charge is 0.255 e. The van der Waals surface area contributed by atoms with E-state index >= 15 is 0 Å². The Morgan fingerprint density at radius 3 is 2.43 bits per heavy atom. The van der Waals surface area contributed by atoms with Crippen LogP contribution in [-0.2, 0) is 11.2 Å². The summed E-state index contributed by atoms with van der Waals surface area (Å²) < 4.78 is 0. The van der Waals surface area contributed by atoms with Crippen molar-refractivity contribution < 1.29 is 9.59 Å². The summed E-state index contributed by atoms with van der Waals surface area (Å²) in [7, 11) is 0. The number of carbonyl (C=O) groups excluding carboxylic acids is 2. The van der Waals surface area contributed by atoms with Crippen LogP contribution in [0.25, 0.3) is 0 Å². The molecule has 4 nitrogen and oxygen atoms in total. The molecule has 2 amide bonds. The maximum Gasteiger partial charge on any atom is 0.255 e. The second-order valence-electron chi connectivity index (χ2n) is 5.21. The van der Waals surface area contributed by atoms with E-state index in [1.807, 2.05) is 43.3 Å². The van der Waals surface area contributed by atoms with Crippen LogP contribution in [0.4, 0.5) is 5.69 Å². The van der Waals surface area contributed by atoms with Gasteiger partial charge in [0.1, 0.15) is 0 Å². The summed E-state index contributed by atoms with van der Waals surface area (Å²) in [5.74, 6) is -0.315. The topological polar surface area (TPSA) is 58.2 Å². The van der Waals surface area contributed by atoms with Crippen molar-refractivity contribution in [1.29, 1.82) is 0 Å². The lowest BCUT2D eigenvalue weighted by Crippen LogP contribution is -2.23. The number of rotatable bonds is 6. The highest BCUT2D eigenvalue weighted by atomic mass is 16.2. The largest absolute Gasteiger partial charge is 0.352 e. The molecule has 0 radical (unpaired) electrons. The minimum Gasteiger partial charge on any atom is -0.352 e. The Balaban J connectivity index is 1.93. The van der Waals surface area contributed by atoms with Crippen molar-refractivity contribution in [2.24, 2.45) is 0 Å². The number of carbonyl (C=O) groups is 2. The van der Waals surface area contributed by atoms with E-state index in [0.29, 0.717) is 18.5 Å². The molecule has 0 atom stereocenters. The SMILES string of the molecule is C=CC(=O)NCCc1ccc(C(=O)Nc2ccccc2C)cc1. The molecule has 0 aromatic heterocycles. The minimum absolute atomic E-state index is 0.134. The first-order chi connectivity index (χ1) is 11.1. The van der Waals surface area contributed by atoms with E-state index in [-0.39, 0.29) is 11.8 Å². The van der Waals surface area contributed by atoms with E-state index in [1.165, 1.54) is 6.08 Å². The number of hydrogen-bond donors (Lipinski definition) is 2. The van der Waals surface area contributed by atoms with Crippen LogP contribution in [0.15, 0.2) is 61.2 Å². The first-order valence-corrected chi connectivity index (χ1v) is 7.46. The van der Waals surface area contributed by atoms with Crippen LogP contribution < -0.4 is 10.6 Å². The highest BCUT2D eigenvalue weighted by molar-refractivity contribution is 6.04. The number of aryl methyl sites for hydroxylation is 1. The van der Waals surface area contributed by atoms with E-state index in [2.05, 4.69) is 17.2 Å². The van der Waals surface area contributed by atoms with Gasteiger partial charge in [-0.3, -0.25) is 9.59 Å². The molecule has 0 unspecified atom stereocenters. The monoisotopic (exact) mass is 308 g/mol. The van der Waals surface area contributed by atoms with Crippen molar-refractivity contribution >= 4 is 17.5 Å². The van der Waals surface area contributed by atoms with Crippen molar-refractivity contribution in [3.8, 4) is 0 Å². The zero-order valence-corrected chi connectivity index (χ0v) is 13.1. The summed E-state index contributed by atoms with van der Waals surface area (Å²) in [6.07, 6.45) is 1.96. The van der Waals surface area contributed by atoms with E-state index < -0.39 is 0 Å². The molecule has 0 aliphatic heterocycles. The highest BCUT2D eigenvalue weighted by Crippen LogP contribution is 2.15. The van der Waals surface area contributed by atoms with Gasteiger partial charge < -0.3 is 10.6 Å². The van der Waals surface area contributed by atoms with Gasteiger partial charge in [0.25, 0.3) is 5.91 Å². The van der Waals surface area contributed by atoms with Crippen LogP contribution in [0.3, 0.4) is 0 Å². The van der Waals surface area contributed by atoms with E-state index in [9.17, 15) is 9.59 Å². The lowest BCUT2D eigenvalue weighted by atomic mass is 10.1. The normalized spacial score (nSPS) is 9.96.